The fraction of sp³-hybridized carbons (Fsp3) is 1.00. The van der Waals surface area contributed by atoms with Crippen LogP contribution in [0.4, 0.5) is 0 Å². The van der Waals surface area contributed by atoms with Crippen LogP contribution in [0.1, 0.15) is 0 Å². The van der Waals surface area contributed by atoms with E-state index >= 15 is 0 Å². The van der Waals surface area contributed by atoms with Crippen LogP contribution in [-0.2, 0) is 14.2 Å². The number of hydrogen-bond donors (Lipinski definition) is 1. The minimum atomic E-state index is -0.571. The SMILES string of the molecule is CO[C@@H]1[C@H](O)COC[C@@H]1OC. The molecular formula is C7H14O4. The highest BCUT2D eigenvalue weighted by atomic mass is 16.6. The topological polar surface area (TPSA) is 47.9 Å². The average molecular weight is 162 g/mol. The summed E-state index contributed by atoms with van der Waals surface area (Å²) in [6.07, 6.45) is -0.976. The standard InChI is InChI=1S/C7H14O4/c1-9-6-4-11-3-5(8)7(6)10-2/h5-8H,3-4H2,1-2H3/t5-,6+,7-/m1/s1. The molecule has 0 bridgehead atoms. The van der Waals surface area contributed by atoms with Gasteiger partial charge in [0.05, 0.1) is 13.2 Å². The van der Waals surface area contributed by atoms with E-state index in [1.54, 1.807) is 14.2 Å². The Balaban J connectivity index is 2.48. The molecule has 0 aromatic heterocycles. The van der Waals surface area contributed by atoms with Crippen LogP contribution < -0.4 is 0 Å². The Morgan fingerprint density at radius 3 is 2.45 bits per heavy atom. The lowest BCUT2D eigenvalue weighted by Crippen LogP contribution is -2.49. The fourth-order valence-corrected chi connectivity index (χ4v) is 1.25. The summed E-state index contributed by atoms with van der Waals surface area (Å²) >= 11 is 0. The summed E-state index contributed by atoms with van der Waals surface area (Å²) in [6.45, 7) is 0.824. The molecule has 0 aromatic carbocycles. The highest BCUT2D eigenvalue weighted by Crippen LogP contribution is 2.13. The molecule has 1 aliphatic rings. The van der Waals surface area contributed by atoms with Gasteiger partial charge in [-0.05, 0) is 0 Å². The van der Waals surface area contributed by atoms with Gasteiger partial charge in [-0.1, -0.05) is 0 Å². The molecule has 0 aromatic rings. The lowest BCUT2D eigenvalue weighted by Gasteiger charge is -2.33. The first-order valence-electron chi connectivity index (χ1n) is 3.61. The number of aliphatic hydroxyl groups is 1. The number of rotatable bonds is 2. The van der Waals surface area contributed by atoms with Gasteiger partial charge in [0.1, 0.15) is 18.3 Å². The van der Waals surface area contributed by atoms with Gasteiger partial charge in [-0.25, -0.2) is 0 Å². The van der Waals surface area contributed by atoms with Gasteiger partial charge in [0.15, 0.2) is 0 Å². The molecule has 0 spiro atoms. The molecule has 0 amide bonds. The van der Waals surface area contributed by atoms with Crippen LogP contribution in [0, 0.1) is 0 Å². The number of methoxy groups -OCH3 is 2. The Labute approximate surface area is 66.1 Å². The molecule has 1 aliphatic heterocycles. The number of ether oxygens (including phenoxy) is 3. The molecule has 0 radical (unpaired) electrons. The van der Waals surface area contributed by atoms with Gasteiger partial charge in [0.2, 0.25) is 0 Å². The second-order valence-electron chi connectivity index (χ2n) is 2.58. The summed E-state index contributed by atoms with van der Waals surface area (Å²) in [7, 11) is 3.14. The van der Waals surface area contributed by atoms with Crippen molar-refractivity contribution in [1.29, 1.82) is 0 Å². The molecule has 1 heterocycles. The summed E-state index contributed by atoms with van der Waals surface area (Å²) in [5.74, 6) is 0. The van der Waals surface area contributed by atoms with Crippen molar-refractivity contribution in [1.82, 2.24) is 0 Å². The van der Waals surface area contributed by atoms with Crippen LogP contribution >= 0.6 is 0 Å². The van der Waals surface area contributed by atoms with Crippen molar-refractivity contribution in [3.63, 3.8) is 0 Å². The molecule has 4 heteroatoms. The zero-order valence-electron chi connectivity index (χ0n) is 6.82. The summed E-state index contributed by atoms with van der Waals surface area (Å²) < 4.78 is 15.2. The Morgan fingerprint density at radius 1 is 1.27 bits per heavy atom. The van der Waals surface area contributed by atoms with Crippen molar-refractivity contribution in [3.05, 3.63) is 0 Å². The summed E-state index contributed by atoms with van der Waals surface area (Å²) in [6, 6.07) is 0. The molecule has 1 saturated heterocycles. The maximum absolute atomic E-state index is 9.34. The van der Waals surface area contributed by atoms with Gasteiger partial charge < -0.3 is 19.3 Å². The monoisotopic (exact) mass is 162 g/mol. The van der Waals surface area contributed by atoms with E-state index in [4.69, 9.17) is 14.2 Å². The van der Waals surface area contributed by atoms with Crippen LogP contribution in [0.5, 0.6) is 0 Å². The average Bonchev–Trinajstić information content (AvgIpc) is 2.04. The largest absolute Gasteiger partial charge is 0.388 e. The Morgan fingerprint density at radius 2 is 2.00 bits per heavy atom. The zero-order valence-corrected chi connectivity index (χ0v) is 6.82. The Hall–Kier alpha value is -0.160. The summed E-state index contributed by atoms with van der Waals surface area (Å²) in [5, 5.41) is 9.34. The van der Waals surface area contributed by atoms with Crippen molar-refractivity contribution in [3.8, 4) is 0 Å². The quantitative estimate of drug-likeness (QED) is 0.589. The first-order valence-corrected chi connectivity index (χ1v) is 3.61. The molecule has 1 rings (SSSR count). The summed E-state index contributed by atoms with van der Waals surface area (Å²) in [5.41, 5.74) is 0. The smallest absolute Gasteiger partial charge is 0.114 e. The van der Waals surface area contributed by atoms with Gasteiger partial charge in [-0.2, -0.15) is 0 Å². The van der Waals surface area contributed by atoms with E-state index in [0.717, 1.165) is 0 Å². The highest BCUT2D eigenvalue weighted by molar-refractivity contribution is 4.81. The van der Waals surface area contributed by atoms with Crippen molar-refractivity contribution in [2.75, 3.05) is 27.4 Å². The molecule has 0 unspecified atom stereocenters. The van der Waals surface area contributed by atoms with E-state index in [9.17, 15) is 5.11 Å². The van der Waals surface area contributed by atoms with Crippen LogP contribution in [0.25, 0.3) is 0 Å². The first-order chi connectivity index (χ1) is 5.29. The van der Waals surface area contributed by atoms with E-state index in [-0.39, 0.29) is 12.2 Å². The minimum absolute atomic E-state index is 0.149. The van der Waals surface area contributed by atoms with Crippen molar-refractivity contribution in [2.24, 2.45) is 0 Å². The van der Waals surface area contributed by atoms with Gasteiger partial charge in [-0.15, -0.1) is 0 Å². The van der Waals surface area contributed by atoms with Crippen LogP contribution in [0.2, 0.25) is 0 Å². The predicted octanol–water partition coefficient (Wildman–Crippen LogP) is -0.593. The van der Waals surface area contributed by atoms with E-state index in [1.807, 2.05) is 0 Å². The Kier molecular flexibility index (Phi) is 3.26. The fourth-order valence-electron chi connectivity index (χ4n) is 1.25. The maximum Gasteiger partial charge on any atom is 0.114 e. The van der Waals surface area contributed by atoms with Gasteiger partial charge >= 0.3 is 0 Å². The van der Waals surface area contributed by atoms with Crippen molar-refractivity contribution < 1.29 is 19.3 Å². The second kappa shape index (κ2) is 4.01. The predicted molar refractivity (Wildman–Crippen MR) is 38.4 cm³/mol. The first kappa shape index (κ1) is 8.93. The lowest BCUT2D eigenvalue weighted by molar-refractivity contribution is -0.171. The maximum atomic E-state index is 9.34. The van der Waals surface area contributed by atoms with Gasteiger partial charge in [-0.3, -0.25) is 0 Å². The third-order valence-electron chi connectivity index (χ3n) is 1.89. The minimum Gasteiger partial charge on any atom is -0.388 e. The van der Waals surface area contributed by atoms with Crippen LogP contribution in [-0.4, -0.2) is 50.9 Å². The third-order valence-corrected chi connectivity index (χ3v) is 1.89. The molecule has 0 saturated carbocycles. The van der Waals surface area contributed by atoms with Crippen molar-refractivity contribution >= 4 is 0 Å². The molecule has 3 atom stereocenters. The van der Waals surface area contributed by atoms with Gasteiger partial charge in [0.25, 0.3) is 0 Å². The van der Waals surface area contributed by atoms with Crippen LogP contribution in [0.3, 0.4) is 0 Å². The van der Waals surface area contributed by atoms with Crippen molar-refractivity contribution in [2.45, 2.75) is 18.3 Å². The molecule has 11 heavy (non-hydrogen) atoms. The third kappa shape index (κ3) is 1.90. The molecule has 1 N–H and O–H groups in total. The Bertz CT molecular complexity index is 117. The van der Waals surface area contributed by atoms with E-state index < -0.39 is 6.10 Å². The second-order valence-corrected chi connectivity index (χ2v) is 2.58. The normalized spacial score (nSPS) is 39.0. The summed E-state index contributed by atoms with van der Waals surface area (Å²) in [4.78, 5) is 0. The molecule has 0 aliphatic carbocycles. The molecule has 1 fully saturated rings. The van der Waals surface area contributed by atoms with Gasteiger partial charge in [0, 0.05) is 14.2 Å². The van der Waals surface area contributed by atoms with E-state index in [1.165, 1.54) is 0 Å². The molecular weight excluding hydrogens is 148 g/mol. The molecule has 66 valence electrons. The number of hydrogen-bond acceptors (Lipinski definition) is 4. The molecule has 4 nitrogen and oxygen atoms in total. The van der Waals surface area contributed by atoms with Crippen LogP contribution in [0.15, 0.2) is 0 Å². The zero-order chi connectivity index (χ0) is 8.27. The lowest BCUT2D eigenvalue weighted by atomic mass is 10.1. The highest BCUT2D eigenvalue weighted by Gasteiger charge is 2.32. The van der Waals surface area contributed by atoms with E-state index in [2.05, 4.69) is 0 Å². The van der Waals surface area contributed by atoms with E-state index in [0.29, 0.717) is 13.2 Å². The number of aliphatic hydroxyl groups excluding tert-OH is 1.